The van der Waals surface area contributed by atoms with Gasteiger partial charge in [-0.1, -0.05) is 99.1 Å². The average Bonchev–Trinajstić information content (AvgIpc) is 3.50. The maximum atomic E-state index is 14.6. The highest BCUT2D eigenvalue weighted by Crippen LogP contribution is 2.46. The molecule has 0 aliphatic carbocycles. The molecule has 0 saturated carbocycles. The number of carbonyl (C=O) groups excluding carboxylic acids is 5. The number of hydrogen-bond donors (Lipinski definition) is 10. The summed E-state index contributed by atoms with van der Waals surface area (Å²) >= 11 is 0. The van der Waals surface area contributed by atoms with Gasteiger partial charge < -0.3 is 56.1 Å². The van der Waals surface area contributed by atoms with Crippen LogP contribution in [0.1, 0.15) is 145 Å². The molecule has 2 bridgehead atoms. The molecule has 3 fully saturated rings. The summed E-state index contributed by atoms with van der Waals surface area (Å²) in [4.78, 5) is 69.8. The van der Waals surface area contributed by atoms with Crippen molar-refractivity contribution in [2.75, 3.05) is 6.54 Å². The zero-order valence-electron chi connectivity index (χ0n) is 47.9. The minimum absolute atomic E-state index is 0.0395. The summed E-state index contributed by atoms with van der Waals surface area (Å²) in [6, 6.07) is -2.07. The van der Waals surface area contributed by atoms with Gasteiger partial charge in [-0.2, -0.15) is 4.39 Å². The van der Waals surface area contributed by atoms with E-state index in [0.29, 0.717) is 50.5 Å². The molecule has 0 aromatic heterocycles. The van der Waals surface area contributed by atoms with Crippen LogP contribution < -0.4 is 21.4 Å². The third kappa shape index (κ3) is 16.4. The second-order valence-electron chi connectivity index (χ2n) is 23.5. The summed E-state index contributed by atoms with van der Waals surface area (Å²) < 4.78 is 41.6. The van der Waals surface area contributed by atoms with Crippen molar-refractivity contribution in [1.29, 1.82) is 0 Å². The van der Waals surface area contributed by atoms with Gasteiger partial charge in [-0.3, -0.25) is 29.0 Å². The predicted octanol–water partition coefficient (Wildman–Crippen LogP) is 5.31. The minimum atomic E-state index is -1.50. The van der Waals surface area contributed by atoms with Crippen molar-refractivity contribution in [3.8, 4) is 5.75 Å². The molecule has 18 nitrogen and oxygen atoms in total. The van der Waals surface area contributed by atoms with Crippen molar-refractivity contribution in [1.82, 2.24) is 26.4 Å². The first-order valence-electron chi connectivity index (χ1n) is 28.7. The SMILES string of the molecule is CCCC1C(=O)NC(C(C)C)C(=O)NC(Cc2cc(O)c(F)c(F)c2)C(=O)N2CCCC(N2)C(=O)O[C@H](/C(C)=C/C(O)C(O)CCC(C)C(O)C[C@@H]2O[C@@]3(NC(=O)C(CC)C[C@@H]3C)C(C)C(O)C2C)C/C=C/C=C/CC(C)C1O. The quantitative estimate of drug-likeness (QED) is 0.0788. The Bertz CT molecular complexity index is 2310. The number of hydrogen-bond acceptors (Lipinski definition) is 14. The van der Waals surface area contributed by atoms with E-state index in [4.69, 9.17) is 9.47 Å². The van der Waals surface area contributed by atoms with E-state index in [2.05, 4.69) is 21.4 Å². The number of ether oxygens (including phenoxy) is 2. The van der Waals surface area contributed by atoms with Crippen LogP contribution in [0.3, 0.4) is 0 Å². The lowest BCUT2D eigenvalue weighted by atomic mass is 9.69. The van der Waals surface area contributed by atoms with Gasteiger partial charge in [0.15, 0.2) is 17.4 Å². The van der Waals surface area contributed by atoms with Crippen molar-refractivity contribution in [3.05, 3.63) is 65.3 Å². The van der Waals surface area contributed by atoms with E-state index in [0.717, 1.165) is 17.1 Å². The Morgan fingerprint density at radius 2 is 1.58 bits per heavy atom. The smallest absolute Gasteiger partial charge is 0.325 e. The second kappa shape index (κ2) is 29.2. The number of phenols is 1. The summed E-state index contributed by atoms with van der Waals surface area (Å²) in [6.45, 7) is 18.3. The first-order chi connectivity index (χ1) is 37.2. The monoisotopic (exact) mass is 1120 g/mol. The number of nitrogens with zero attached hydrogens (tertiary/aromatic N) is 1. The maximum absolute atomic E-state index is 14.6. The number of phenolic OH excluding ortho intramolecular Hbond substituents is 1. The first-order valence-corrected chi connectivity index (χ1v) is 28.7. The van der Waals surface area contributed by atoms with E-state index in [1.165, 1.54) is 6.08 Å². The van der Waals surface area contributed by atoms with E-state index in [1.54, 1.807) is 45.9 Å². The number of nitrogens with one attached hydrogen (secondary N) is 4. The Kier molecular flexibility index (Phi) is 24.1. The summed E-state index contributed by atoms with van der Waals surface area (Å²) in [7, 11) is 0. The fourth-order valence-corrected chi connectivity index (χ4v) is 11.6. The zero-order chi connectivity index (χ0) is 58.6. The van der Waals surface area contributed by atoms with E-state index in [1.807, 2.05) is 47.6 Å². The molecule has 79 heavy (non-hydrogen) atoms. The van der Waals surface area contributed by atoms with Crippen LogP contribution in [0.2, 0.25) is 0 Å². The number of carbonyl (C=O) groups is 5. The summed E-state index contributed by atoms with van der Waals surface area (Å²) in [5.74, 6) is -10.0. The number of aliphatic hydroxyl groups excluding tert-OH is 5. The van der Waals surface area contributed by atoms with E-state index in [9.17, 15) is 63.4 Å². The van der Waals surface area contributed by atoms with Gasteiger partial charge in [-0.25, -0.2) is 9.82 Å². The highest BCUT2D eigenvalue weighted by molar-refractivity contribution is 5.93. The van der Waals surface area contributed by atoms with Crippen molar-refractivity contribution >= 4 is 29.6 Å². The number of cyclic esters (lactones) is 1. The van der Waals surface area contributed by atoms with Crippen LogP contribution in [0, 0.1) is 59.0 Å². The Morgan fingerprint density at radius 3 is 2.23 bits per heavy atom. The third-order valence-corrected chi connectivity index (χ3v) is 17.1. The van der Waals surface area contributed by atoms with Crippen LogP contribution >= 0.6 is 0 Å². The molecule has 20 heteroatoms. The fourth-order valence-electron chi connectivity index (χ4n) is 11.6. The molecule has 4 heterocycles. The molecular weight excluding hydrogens is 1020 g/mol. The zero-order valence-corrected chi connectivity index (χ0v) is 47.9. The average molecular weight is 1120 g/mol. The molecule has 4 aliphatic rings. The van der Waals surface area contributed by atoms with Gasteiger partial charge >= 0.3 is 5.97 Å². The molecule has 1 spiro atoms. The Morgan fingerprint density at radius 1 is 0.899 bits per heavy atom. The Balaban J connectivity index is 1.35. The number of benzene rings is 1. The lowest BCUT2D eigenvalue weighted by Gasteiger charge is -2.56. The lowest BCUT2D eigenvalue weighted by molar-refractivity contribution is -0.267. The number of fused-ring (bicyclic) bond motifs is 2. The molecule has 3 saturated heterocycles. The predicted molar refractivity (Wildman–Crippen MR) is 292 cm³/mol. The van der Waals surface area contributed by atoms with Gasteiger partial charge in [0, 0.05) is 49.5 Å². The van der Waals surface area contributed by atoms with Gasteiger partial charge in [0.05, 0.1) is 42.5 Å². The molecule has 14 unspecified atom stereocenters. The van der Waals surface area contributed by atoms with Gasteiger partial charge in [0.25, 0.3) is 5.91 Å². The van der Waals surface area contributed by atoms with Crippen LogP contribution in [0.4, 0.5) is 8.78 Å². The summed E-state index contributed by atoms with van der Waals surface area (Å²) in [5, 5.41) is 77.0. The molecule has 1 aromatic carbocycles. The van der Waals surface area contributed by atoms with Crippen LogP contribution in [0.15, 0.2) is 48.1 Å². The number of allylic oxidation sites excluding steroid dienone is 3. The highest BCUT2D eigenvalue weighted by Gasteiger charge is 2.57. The number of aliphatic hydroxyl groups is 5. The molecule has 10 N–H and O–H groups in total. The molecule has 444 valence electrons. The number of aromatic hydroxyl groups is 1. The topological polar surface area (TPSA) is 277 Å². The third-order valence-electron chi connectivity index (χ3n) is 17.1. The van der Waals surface area contributed by atoms with Crippen LogP contribution in [0.25, 0.3) is 0 Å². The molecule has 5 rings (SSSR count). The first kappa shape index (κ1) is 65.0. The van der Waals surface area contributed by atoms with Crippen molar-refractivity contribution in [2.45, 2.75) is 213 Å². The number of halogens is 2. The van der Waals surface area contributed by atoms with Crippen molar-refractivity contribution < 1.29 is 72.9 Å². The normalized spacial score (nSPS) is 34.5. The fraction of sp³-hybridized carbons (Fsp3) is 0.712. The van der Waals surface area contributed by atoms with Gasteiger partial charge in [-0.05, 0) is 99.3 Å². The maximum Gasteiger partial charge on any atom is 0.325 e. The lowest BCUT2D eigenvalue weighted by Crippen LogP contribution is -2.71. The number of esters is 1. The van der Waals surface area contributed by atoms with E-state index >= 15 is 0 Å². The van der Waals surface area contributed by atoms with Crippen molar-refractivity contribution in [2.24, 2.45) is 47.3 Å². The largest absolute Gasteiger partial charge is 0.505 e. The Hall–Kier alpha value is -4.83. The van der Waals surface area contributed by atoms with Crippen LogP contribution in [-0.4, -0.2) is 138 Å². The van der Waals surface area contributed by atoms with Crippen molar-refractivity contribution in [3.63, 3.8) is 0 Å². The Labute approximate surface area is 465 Å². The molecule has 18 atom stereocenters. The van der Waals surface area contributed by atoms with E-state index < -0.39 is 132 Å². The molecule has 1 aromatic rings. The van der Waals surface area contributed by atoms with Gasteiger partial charge in [-0.15, -0.1) is 0 Å². The molecule has 4 amide bonds. The van der Waals surface area contributed by atoms with E-state index in [-0.39, 0.29) is 73.3 Å². The standard InChI is InChI=1S/C59H91F2N5O13/c1-11-18-40-52(71)33(6)19-15-13-14-16-21-48(34(7)25-46(69)44(67)23-22-32(5)45(68)30-49-36(9)53(72)37(10)59(79-49)35(8)26-39(12-2)54(73)64-59)78-58(77)42-20-17-24-66(65-42)57(76)43(28-38-27-41(60)50(61)47(70)29-38)62-56(75)51(31(3)4)63-55(40)74/h13-16,25,27,29,31-33,35-37,39-40,42-46,48-49,51-53,65,67-72H,11-12,17-24,26,28,30H2,1-10H3,(H,62,75)(H,63,74)(H,64,73)/b15-13+,16-14+,34-25+/t32?,33?,35-,36?,37?,39?,40?,42?,43?,44?,45?,46?,48-,49-,51?,52?,53?,59+/m0/s1. The molecule has 0 radical (unpaired) electrons. The minimum Gasteiger partial charge on any atom is -0.505 e. The molecule has 4 aliphatic heterocycles. The molecular formula is C59H91F2N5O13. The van der Waals surface area contributed by atoms with Gasteiger partial charge in [0.1, 0.15) is 30.0 Å². The number of piperidine rings is 1. The summed E-state index contributed by atoms with van der Waals surface area (Å²) in [5.41, 5.74) is 2.18. The van der Waals surface area contributed by atoms with Gasteiger partial charge in [0.2, 0.25) is 17.7 Å². The second-order valence-corrected chi connectivity index (χ2v) is 23.5. The highest BCUT2D eigenvalue weighted by atomic mass is 19.2. The number of rotatable bonds is 15. The number of amides is 4. The summed E-state index contributed by atoms with van der Waals surface area (Å²) in [6.07, 6.45) is 4.65. The van der Waals surface area contributed by atoms with Crippen LogP contribution in [-0.2, 0) is 39.9 Å². The number of hydrazine groups is 1. The van der Waals surface area contributed by atoms with Crippen LogP contribution in [0.5, 0.6) is 5.75 Å².